The molecule has 0 unspecified atom stereocenters. The fraction of sp³-hybridized carbons (Fsp3) is 0.320. The Hall–Kier alpha value is -3.75. The number of carbonyl (C=O) groups excluding carboxylic acids is 1. The zero-order chi connectivity index (χ0) is 29.8. The predicted octanol–water partition coefficient (Wildman–Crippen LogP) is 6.29. The number of aromatic nitrogens is 2. The highest BCUT2D eigenvalue weighted by atomic mass is 32.2. The van der Waals surface area contributed by atoms with Gasteiger partial charge in [-0.2, -0.15) is 26.3 Å². The first-order valence-electron chi connectivity index (χ1n) is 11.5. The molecule has 214 valence electrons. The summed E-state index contributed by atoms with van der Waals surface area (Å²) in [6, 6.07) is 6.78. The lowest BCUT2D eigenvalue weighted by molar-refractivity contribution is -0.161. The van der Waals surface area contributed by atoms with Crippen molar-refractivity contribution in [2.75, 3.05) is 11.6 Å². The van der Waals surface area contributed by atoms with E-state index in [0.29, 0.717) is 0 Å². The first kappa shape index (κ1) is 29.2. The van der Waals surface area contributed by atoms with E-state index in [1.54, 1.807) is 0 Å². The third kappa shape index (κ3) is 5.33. The molecule has 15 heteroatoms. The number of hydrogen-bond acceptors (Lipinski definition) is 6. The molecule has 0 atom stereocenters. The molecule has 1 aliphatic rings. The molecule has 0 spiro atoms. The normalized spacial score (nSPS) is 15.1. The molecule has 3 aromatic rings. The van der Waals surface area contributed by atoms with Crippen molar-refractivity contribution in [1.82, 2.24) is 10.2 Å². The molecule has 1 heterocycles. The molecule has 1 amide bonds. The number of ether oxygens (including phenoxy) is 1. The van der Waals surface area contributed by atoms with Crippen molar-refractivity contribution in [3.05, 3.63) is 70.2 Å². The van der Waals surface area contributed by atoms with Crippen molar-refractivity contribution in [3.63, 3.8) is 0 Å². The van der Waals surface area contributed by atoms with Gasteiger partial charge in [-0.3, -0.25) is 4.79 Å². The number of alkyl halides is 6. The number of halogens is 7. The molecule has 7 nitrogen and oxygen atoms in total. The van der Waals surface area contributed by atoms with Gasteiger partial charge >= 0.3 is 12.4 Å². The van der Waals surface area contributed by atoms with Crippen molar-refractivity contribution in [2.24, 2.45) is 0 Å². The number of anilines is 1. The van der Waals surface area contributed by atoms with Gasteiger partial charge in [0, 0.05) is 23.1 Å². The van der Waals surface area contributed by atoms with Crippen LogP contribution in [0.1, 0.15) is 45.6 Å². The summed E-state index contributed by atoms with van der Waals surface area (Å²) in [7, 11) is -3.69. The molecular weight excluding hydrogens is 571 g/mol. The summed E-state index contributed by atoms with van der Waals surface area (Å²) in [5.74, 6) is -3.59. The molecule has 1 fully saturated rings. The third-order valence-corrected chi connectivity index (χ3v) is 7.66. The molecule has 1 aromatic heterocycles. The van der Waals surface area contributed by atoms with Crippen LogP contribution in [0, 0.1) is 19.7 Å². The maximum Gasteiger partial charge on any atom is 0.435 e. The second-order valence-corrected chi connectivity index (χ2v) is 11.4. The number of sulfone groups is 1. The zero-order valence-electron chi connectivity index (χ0n) is 21.0. The number of rotatable bonds is 6. The lowest BCUT2D eigenvalue weighted by Gasteiger charge is -2.22. The van der Waals surface area contributed by atoms with E-state index in [2.05, 4.69) is 15.5 Å². The highest BCUT2D eigenvalue weighted by molar-refractivity contribution is 7.90. The minimum atomic E-state index is -5.03. The second kappa shape index (κ2) is 9.71. The van der Waals surface area contributed by atoms with Crippen molar-refractivity contribution in [3.8, 4) is 11.6 Å². The van der Waals surface area contributed by atoms with Gasteiger partial charge in [0.2, 0.25) is 0 Å². The average Bonchev–Trinajstić information content (AvgIpc) is 3.63. The van der Waals surface area contributed by atoms with Gasteiger partial charge in [0.1, 0.15) is 17.1 Å². The quantitative estimate of drug-likeness (QED) is 0.338. The Kier molecular flexibility index (Phi) is 7.10. The minimum Gasteiger partial charge on any atom is -0.437 e. The van der Waals surface area contributed by atoms with Gasteiger partial charge in [0.05, 0.1) is 10.3 Å². The molecule has 0 aliphatic heterocycles. The van der Waals surface area contributed by atoms with Gasteiger partial charge < -0.3 is 10.1 Å². The zero-order valence-corrected chi connectivity index (χ0v) is 21.8. The number of nitrogens with one attached hydrogen (secondary N) is 1. The van der Waals surface area contributed by atoms with Crippen molar-refractivity contribution in [2.45, 2.75) is 49.4 Å². The standard InChI is InChI=1S/C25H20F7N3O4S/c1-12-17(8-7-16(19(12)26)23(9-10-23)25(30,31)32)39-22-18(13(2)20(34-35-22)24(27,28)29)21(36)33-14-5-4-6-15(11-14)40(3,37)38/h4-8,11H,9-10H2,1-3H3,(H,33,36). The summed E-state index contributed by atoms with van der Waals surface area (Å²) in [6.45, 7) is 2.03. The van der Waals surface area contributed by atoms with Crippen LogP contribution in [-0.2, 0) is 21.4 Å². The number of hydrogen-bond donors (Lipinski definition) is 1. The Morgan fingerprint density at radius 3 is 2.20 bits per heavy atom. The molecule has 4 rings (SSSR count). The average molecular weight is 592 g/mol. The van der Waals surface area contributed by atoms with Crippen LogP contribution in [0.25, 0.3) is 0 Å². The Balaban J connectivity index is 1.76. The van der Waals surface area contributed by atoms with E-state index >= 15 is 4.39 Å². The second-order valence-electron chi connectivity index (χ2n) is 9.34. The van der Waals surface area contributed by atoms with Gasteiger partial charge in [0.25, 0.3) is 11.8 Å². The van der Waals surface area contributed by atoms with Gasteiger partial charge in [-0.25, -0.2) is 12.8 Å². The van der Waals surface area contributed by atoms with Crippen LogP contribution in [0.15, 0.2) is 41.3 Å². The molecule has 0 saturated heterocycles. The van der Waals surface area contributed by atoms with Crippen LogP contribution in [0.3, 0.4) is 0 Å². The highest BCUT2D eigenvalue weighted by Gasteiger charge is 2.65. The van der Waals surface area contributed by atoms with Gasteiger partial charge in [-0.05, 0) is 56.5 Å². The largest absolute Gasteiger partial charge is 0.437 e. The van der Waals surface area contributed by atoms with Gasteiger partial charge in [-0.1, -0.05) is 12.1 Å². The van der Waals surface area contributed by atoms with E-state index in [1.165, 1.54) is 18.2 Å². The number of amides is 1. The predicted molar refractivity (Wildman–Crippen MR) is 127 cm³/mol. The Labute approximate surface area is 223 Å². The maximum absolute atomic E-state index is 15.1. The van der Waals surface area contributed by atoms with Crippen LogP contribution in [-0.4, -0.2) is 37.0 Å². The Morgan fingerprint density at radius 1 is 1.00 bits per heavy atom. The Bertz CT molecular complexity index is 1620. The number of nitrogens with zero attached hydrogens (tertiary/aromatic N) is 2. The van der Waals surface area contributed by atoms with Gasteiger partial charge in [-0.15, -0.1) is 10.2 Å². The van der Waals surface area contributed by atoms with Crippen LogP contribution in [0.2, 0.25) is 0 Å². The number of benzene rings is 2. The fourth-order valence-electron chi connectivity index (χ4n) is 4.19. The summed E-state index contributed by atoms with van der Waals surface area (Å²) in [5, 5.41) is 8.73. The summed E-state index contributed by atoms with van der Waals surface area (Å²) < 4.78 is 126. The lowest BCUT2D eigenvalue weighted by atomic mass is 9.93. The topological polar surface area (TPSA) is 98.2 Å². The maximum atomic E-state index is 15.1. The first-order valence-corrected chi connectivity index (χ1v) is 13.4. The van der Waals surface area contributed by atoms with Crippen molar-refractivity contribution >= 4 is 21.4 Å². The summed E-state index contributed by atoms with van der Waals surface area (Å²) >= 11 is 0. The number of carbonyl (C=O) groups is 1. The fourth-order valence-corrected chi connectivity index (χ4v) is 4.85. The summed E-state index contributed by atoms with van der Waals surface area (Å²) in [6.07, 6.45) is -9.42. The SMILES string of the molecule is Cc1c(Oc2nnc(C(F)(F)F)c(C)c2C(=O)Nc2cccc(S(C)(=O)=O)c2)ccc(C2(C(F)(F)F)CC2)c1F. The van der Waals surface area contributed by atoms with Crippen LogP contribution < -0.4 is 10.1 Å². The van der Waals surface area contributed by atoms with Crippen LogP contribution >= 0.6 is 0 Å². The third-order valence-electron chi connectivity index (χ3n) is 6.55. The smallest absolute Gasteiger partial charge is 0.435 e. The molecule has 1 N–H and O–H groups in total. The van der Waals surface area contributed by atoms with E-state index in [1.807, 2.05) is 0 Å². The summed E-state index contributed by atoms with van der Waals surface area (Å²) in [4.78, 5) is 13.0. The lowest BCUT2D eigenvalue weighted by Crippen LogP contribution is -2.29. The molecular formula is C25H20F7N3O4S. The highest BCUT2D eigenvalue weighted by Crippen LogP contribution is 2.60. The van der Waals surface area contributed by atoms with Gasteiger partial charge in [0.15, 0.2) is 15.5 Å². The van der Waals surface area contributed by atoms with Crippen molar-refractivity contribution in [1.29, 1.82) is 0 Å². The van der Waals surface area contributed by atoms with Crippen LogP contribution in [0.5, 0.6) is 11.6 Å². The molecule has 0 radical (unpaired) electrons. The minimum absolute atomic E-state index is 0.0860. The Morgan fingerprint density at radius 2 is 1.65 bits per heavy atom. The van der Waals surface area contributed by atoms with Crippen molar-refractivity contribution < 1.29 is 48.7 Å². The van der Waals surface area contributed by atoms with E-state index in [4.69, 9.17) is 4.74 Å². The first-order chi connectivity index (χ1) is 18.4. The molecule has 40 heavy (non-hydrogen) atoms. The molecule has 2 aromatic carbocycles. The molecule has 1 saturated carbocycles. The molecule has 0 bridgehead atoms. The van der Waals surface area contributed by atoms with E-state index in [0.717, 1.165) is 38.3 Å². The molecule has 1 aliphatic carbocycles. The van der Waals surface area contributed by atoms with E-state index in [-0.39, 0.29) is 29.0 Å². The van der Waals surface area contributed by atoms with E-state index in [9.17, 15) is 39.6 Å². The van der Waals surface area contributed by atoms with Crippen LogP contribution in [0.4, 0.5) is 36.4 Å². The monoisotopic (exact) mass is 591 g/mol. The summed E-state index contributed by atoms with van der Waals surface area (Å²) in [5.41, 5.74) is -6.40. The van der Waals surface area contributed by atoms with E-state index < -0.39 is 73.3 Å².